The molecule has 0 atom stereocenters. The summed E-state index contributed by atoms with van der Waals surface area (Å²) in [5, 5.41) is 19.2. The van der Waals surface area contributed by atoms with Crippen LogP contribution in [-0.4, -0.2) is 35.9 Å². The third kappa shape index (κ3) is 3.44. The van der Waals surface area contributed by atoms with E-state index in [0.717, 1.165) is 5.69 Å². The summed E-state index contributed by atoms with van der Waals surface area (Å²) in [5.41, 5.74) is 1.78. The van der Waals surface area contributed by atoms with E-state index in [1.54, 1.807) is 60.7 Å². The quantitative estimate of drug-likeness (QED) is 0.489. The summed E-state index contributed by atoms with van der Waals surface area (Å²) in [4.78, 5) is 26.1. The normalized spacial score (nSPS) is 10.8. The number of hydrogen-bond donors (Lipinski definition) is 1. The summed E-state index contributed by atoms with van der Waals surface area (Å²) in [7, 11) is 0. The van der Waals surface area contributed by atoms with E-state index in [9.17, 15) is 9.59 Å². The lowest BCUT2D eigenvalue weighted by Crippen LogP contribution is -2.26. The fourth-order valence-corrected chi connectivity index (χ4v) is 3.27. The zero-order valence-electron chi connectivity index (χ0n) is 16.1. The van der Waals surface area contributed by atoms with Gasteiger partial charge in [0.25, 0.3) is 11.5 Å². The van der Waals surface area contributed by atoms with Crippen molar-refractivity contribution in [2.45, 2.75) is 0 Å². The number of tetrazole rings is 1. The lowest BCUT2D eigenvalue weighted by Gasteiger charge is -2.11. The van der Waals surface area contributed by atoms with E-state index in [-0.39, 0.29) is 11.3 Å². The average Bonchev–Trinajstić information content (AvgIpc) is 3.35. The fourth-order valence-electron chi connectivity index (χ4n) is 3.27. The minimum Gasteiger partial charge on any atom is -0.321 e. The van der Waals surface area contributed by atoms with Crippen LogP contribution in [0.5, 0.6) is 0 Å². The van der Waals surface area contributed by atoms with Gasteiger partial charge in [-0.05, 0) is 52.9 Å². The van der Waals surface area contributed by atoms with Crippen LogP contribution in [0.15, 0.2) is 90.0 Å². The van der Waals surface area contributed by atoms with Crippen molar-refractivity contribution in [3.05, 3.63) is 101 Å². The van der Waals surface area contributed by atoms with E-state index >= 15 is 0 Å². The van der Waals surface area contributed by atoms with E-state index in [0.29, 0.717) is 22.1 Å². The van der Waals surface area contributed by atoms with E-state index in [1.165, 1.54) is 15.7 Å². The molecule has 0 spiro atoms. The van der Waals surface area contributed by atoms with Gasteiger partial charge in [-0.2, -0.15) is 9.78 Å². The van der Waals surface area contributed by atoms with Crippen molar-refractivity contribution in [2.75, 3.05) is 5.32 Å². The Bertz CT molecular complexity index is 1430. The molecule has 0 aliphatic heterocycles. The molecule has 5 rings (SSSR count). The number of fused-ring (bicyclic) bond motifs is 1. The Morgan fingerprint density at radius 2 is 1.52 bits per heavy atom. The maximum Gasteiger partial charge on any atom is 0.279 e. The molecule has 3 aromatic carbocycles. The van der Waals surface area contributed by atoms with Gasteiger partial charge in [-0.1, -0.05) is 36.4 Å². The zero-order chi connectivity index (χ0) is 21.2. The molecule has 0 bridgehead atoms. The smallest absolute Gasteiger partial charge is 0.279 e. The number of nitrogens with zero attached hydrogens (tertiary/aromatic N) is 6. The third-order valence-corrected chi connectivity index (χ3v) is 4.76. The summed E-state index contributed by atoms with van der Waals surface area (Å²) in [6.07, 6.45) is 1.48. The minimum absolute atomic E-state index is 0.156. The van der Waals surface area contributed by atoms with Gasteiger partial charge in [-0.25, -0.2) is 4.68 Å². The summed E-state index contributed by atoms with van der Waals surface area (Å²) in [6.45, 7) is 0. The molecule has 5 aromatic rings. The fraction of sp³-hybridized carbons (Fsp3) is 0. The highest BCUT2D eigenvalue weighted by Gasteiger charge is 2.17. The first-order valence-electron chi connectivity index (χ1n) is 9.43. The molecule has 2 heterocycles. The summed E-state index contributed by atoms with van der Waals surface area (Å²) in [5.74, 6) is -0.420. The average molecular weight is 409 g/mol. The van der Waals surface area contributed by atoms with Crippen LogP contribution >= 0.6 is 0 Å². The molecule has 2 aromatic heterocycles. The molecule has 1 N–H and O–H groups in total. The maximum absolute atomic E-state index is 13.1. The van der Waals surface area contributed by atoms with Crippen LogP contribution in [0.4, 0.5) is 5.69 Å². The topological polar surface area (TPSA) is 108 Å². The third-order valence-electron chi connectivity index (χ3n) is 4.76. The van der Waals surface area contributed by atoms with Gasteiger partial charge in [0.1, 0.15) is 6.33 Å². The van der Waals surface area contributed by atoms with Crippen molar-refractivity contribution in [1.82, 2.24) is 30.0 Å². The van der Waals surface area contributed by atoms with Crippen LogP contribution in [0.3, 0.4) is 0 Å². The second-order valence-electron chi connectivity index (χ2n) is 6.70. The number of carbonyl (C=O) groups excluding carboxylic acids is 1. The molecule has 31 heavy (non-hydrogen) atoms. The standard InChI is InChI=1S/C22H15N7O2/c30-21(24-15-10-12-16(13-11-15)28-14-23-26-27-28)20-18-8-4-5-9-19(18)22(31)29(25-20)17-6-2-1-3-7-17/h1-14H,(H,24,30). The number of carbonyl (C=O) groups is 1. The monoisotopic (exact) mass is 409 g/mol. The molecule has 9 heteroatoms. The first kappa shape index (κ1) is 18.4. The van der Waals surface area contributed by atoms with Gasteiger partial charge in [0.15, 0.2) is 5.69 Å². The molecule has 0 aliphatic rings. The molecule has 1 amide bonds. The van der Waals surface area contributed by atoms with E-state index in [1.807, 2.05) is 18.2 Å². The zero-order valence-corrected chi connectivity index (χ0v) is 16.1. The Kier molecular flexibility index (Phi) is 4.53. The molecule has 9 nitrogen and oxygen atoms in total. The number of benzene rings is 3. The van der Waals surface area contributed by atoms with E-state index < -0.39 is 5.91 Å². The molecule has 150 valence electrons. The molecule has 0 saturated carbocycles. The number of hydrogen-bond acceptors (Lipinski definition) is 6. The van der Waals surface area contributed by atoms with E-state index in [2.05, 4.69) is 25.9 Å². The Labute approximate surface area is 175 Å². The Balaban J connectivity index is 1.54. The van der Waals surface area contributed by atoms with Crippen LogP contribution in [0, 0.1) is 0 Å². The molecule has 0 radical (unpaired) electrons. The number of nitrogens with one attached hydrogen (secondary N) is 1. The summed E-state index contributed by atoms with van der Waals surface area (Å²) < 4.78 is 2.76. The first-order valence-corrected chi connectivity index (χ1v) is 9.43. The molecular formula is C22H15N7O2. The van der Waals surface area contributed by atoms with Crippen LogP contribution in [0.2, 0.25) is 0 Å². The molecule has 0 saturated heterocycles. The number of anilines is 1. The van der Waals surface area contributed by atoms with Gasteiger partial charge in [0, 0.05) is 11.1 Å². The number of para-hydroxylation sites is 1. The first-order chi connectivity index (χ1) is 15.2. The van der Waals surface area contributed by atoms with Crippen LogP contribution in [0.1, 0.15) is 10.5 Å². The Morgan fingerprint density at radius 3 is 2.23 bits per heavy atom. The molecule has 0 aliphatic carbocycles. The van der Waals surface area contributed by atoms with Crippen molar-refractivity contribution in [3.8, 4) is 11.4 Å². The summed E-state index contributed by atoms with van der Waals surface area (Å²) in [6, 6.07) is 23.0. The van der Waals surface area contributed by atoms with Crippen LogP contribution in [0.25, 0.3) is 22.1 Å². The van der Waals surface area contributed by atoms with Gasteiger partial charge in [0.2, 0.25) is 0 Å². The molecule has 0 unspecified atom stereocenters. The van der Waals surface area contributed by atoms with Crippen molar-refractivity contribution in [1.29, 1.82) is 0 Å². The largest absolute Gasteiger partial charge is 0.321 e. The number of rotatable bonds is 4. The summed E-state index contributed by atoms with van der Waals surface area (Å²) >= 11 is 0. The van der Waals surface area contributed by atoms with Crippen LogP contribution < -0.4 is 10.9 Å². The van der Waals surface area contributed by atoms with Gasteiger partial charge >= 0.3 is 0 Å². The van der Waals surface area contributed by atoms with Crippen LogP contribution in [-0.2, 0) is 0 Å². The molecular weight excluding hydrogens is 394 g/mol. The highest BCUT2D eigenvalue weighted by Crippen LogP contribution is 2.18. The van der Waals surface area contributed by atoms with Crippen molar-refractivity contribution in [2.24, 2.45) is 0 Å². The van der Waals surface area contributed by atoms with Gasteiger partial charge in [-0.15, -0.1) is 5.10 Å². The predicted molar refractivity (Wildman–Crippen MR) is 114 cm³/mol. The van der Waals surface area contributed by atoms with E-state index in [4.69, 9.17) is 0 Å². The SMILES string of the molecule is O=C(Nc1ccc(-n2cnnn2)cc1)c1nn(-c2ccccc2)c(=O)c2ccccc12. The van der Waals surface area contributed by atoms with Crippen molar-refractivity contribution < 1.29 is 4.79 Å². The highest BCUT2D eigenvalue weighted by atomic mass is 16.2. The highest BCUT2D eigenvalue weighted by molar-refractivity contribution is 6.11. The predicted octanol–water partition coefficient (Wildman–Crippen LogP) is 2.61. The lowest BCUT2D eigenvalue weighted by molar-refractivity contribution is 0.102. The maximum atomic E-state index is 13.1. The second kappa shape index (κ2) is 7.64. The second-order valence-corrected chi connectivity index (χ2v) is 6.70. The Morgan fingerprint density at radius 1 is 0.806 bits per heavy atom. The van der Waals surface area contributed by atoms with Gasteiger partial charge in [0.05, 0.1) is 16.8 Å². The Hall–Kier alpha value is -4.66. The van der Waals surface area contributed by atoms with Gasteiger partial charge < -0.3 is 5.32 Å². The lowest BCUT2D eigenvalue weighted by atomic mass is 10.1. The number of aromatic nitrogens is 6. The van der Waals surface area contributed by atoms with Gasteiger partial charge in [-0.3, -0.25) is 9.59 Å². The number of amides is 1. The van der Waals surface area contributed by atoms with Crippen molar-refractivity contribution in [3.63, 3.8) is 0 Å². The minimum atomic E-state index is -0.420. The van der Waals surface area contributed by atoms with Crippen molar-refractivity contribution >= 4 is 22.4 Å². The molecule has 0 fully saturated rings.